The van der Waals surface area contributed by atoms with E-state index in [0.717, 1.165) is 11.3 Å². The van der Waals surface area contributed by atoms with E-state index in [1.165, 1.54) is 25.3 Å². The zero-order valence-corrected chi connectivity index (χ0v) is 16.1. The number of aromatic nitrogens is 2. The van der Waals surface area contributed by atoms with Gasteiger partial charge in [-0.05, 0) is 29.8 Å². The number of nitrogens with zero attached hydrogens (tertiary/aromatic N) is 3. The van der Waals surface area contributed by atoms with Gasteiger partial charge in [-0.3, -0.25) is 10.1 Å². The third-order valence-electron chi connectivity index (χ3n) is 3.63. The van der Waals surface area contributed by atoms with Gasteiger partial charge >= 0.3 is 0 Å². The van der Waals surface area contributed by atoms with Gasteiger partial charge in [0.2, 0.25) is 5.13 Å². The number of ether oxygens (including phenoxy) is 1. The average Bonchev–Trinajstić information content (AvgIpc) is 3.15. The molecule has 0 unspecified atom stereocenters. The van der Waals surface area contributed by atoms with Gasteiger partial charge in [-0.2, -0.15) is 5.26 Å². The van der Waals surface area contributed by atoms with Crippen molar-refractivity contribution in [3.8, 4) is 28.1 Å². The van der Waals surface area contributed by atoms with E-state index in [1.54, 1.807) is 24.3 Å². The van der Waals surface area contributed by atoms with E-state index >= 15 is 0 Å². The zero-order valence-electron chi connectivity index (χ0n) is 14.5. The Morgan fingerprint density at radius 1 is 1.32 bits per heavy atom. The van der Waals surface area contributed by atoms with Crippen LogP contribution in [0.5, 0.6) is 11.5 Å². The molecule has 9 heteroatoms. The maximum Gasteiger partial charge on any atom is 0.268 e. The smallest absolute Gasteiger partial charge is 0.268 e. The number of methoxy groups -OCH3 is 1. The van der Waals surface area contributed by atoms with Gasteiger partial charge in [0.1, 0.15) is 11.6 Å². The van der Waals surface area contributed by atoms with E-state index in [-0.39, 0.29) is 22.2 Å². The number of nitriles is 1. The number of nitrogens with one attached hydrogen (secondary N) is 1. The normalized spacial score (nSPS) is 11.0. The molecule has 7 nitrogen and oxygen atoms in total. The minimum absolute atomic E-state index is 0.0384. The molecule has 0 radical (unpaired) electrons. The number of rotatable bonds is 5. The van der Waals surface area contributed by atoms with Gasteiger partial charge in [0, 0.05) is 5.56 Å². The van der Waals surface area contributed by atoms with Crippen molar-refractivity contribution in [2.75, 3.05) is 12.4 Å². The summed E-state index contributed by atoms with van der Waals surface area (Å²) in [5, 5.41) is 30.8. The Balaban J connectivity index is 1.80. The molecule has 0 aliphatic rings. The van der Waals surface area contributed by atoms with E-state index in [9.17, 15) is 15.2 Å². The highest BCUT2D eigenvalue weighted by atomic mass is 35.5. The number of phenolic OH excluding ortho intramolecular Hbond substituents is 1. The van der Waals surface area contributed by atoms with E-state index in [1.807, 2.05) is 12.1 Å². The molecule has 3 rings (SSSR count). The van der Waals surface area contributed by atoms with Crippen LogP contribution in [0.1, 0.15) is 5.56 Å². The van der Waals surface area contributed by atoms with Gasteiger partial charge in [0.25, 0.3) is 5.91 Å². The second kappa shape index (κ2) is 8.52. The molecule has 0 fully saturated rings. The highest BCUT2D eigenvalue weighted by Crippen LogP contribution is 2.32. The third-order valence-corrected chi connectivity index (χ3v) is 4.83. The van der Waals surface area contributed by atoms with Crippen LogP contribution in [0, 0.1) is 11.3 Å². The molecular formula is C19H13ClN4O3S. The fourth-order valence-electron chi connectivity index (χ4n) is 2.28. The molecule has 28 heavy (non-hydrogen) atoms. The van der Waals surface area contributed by atoms with Gasteiger partial charge in [-0.15, -0.1) is 10.2 Å². The number of halogens is 1. The molecule has 0 spiro atoms. The van der Waals surface area contributed by atoms with Gasteiger partial charge in [0.05, 0.1) is 12.1 Å². The summed E-state index contributed by atoms with van der Waals surface area (Å²) in [7, 11) is 1.41. The van der Waals surface area contributed by atoms with Gasteiger partial charge in [-0.25, -0.2) is 0 Å². The van der Waals surface area contributed by atoms with Crippen molar-refractivity contribution in [1.29, 1.82) is 5.26 Å². The number of carbonyl (C=O) groups is 1. The van der Waals surface area contributed by atoms with Crippen molar-refractivity contribution in [2.45, 2.75) is 0 Å². The molecule has 1 amide bonds. The van der Waals surface area contributed by atoms with Crippen molar-refractivity contribution >= 4 is 40.1 Å². The lowest BCUT2D eigenvalue weighted by Crippen LogP contribution is -2.13. The number of amides is 1. The van der Waals surface area contributed by atoms with E-state index in [0.29, 0.717) is 21.2 Å². The first-order valence-corrected chi connectivity index (χ1v) is 9.10. The average molecular weight is 413 g/mol. The number of benzene rings is 2. The summed E-state index contributed by atoms with van der Waals surface area (Å²) in [5.74, 6) is -0.431. The largest absolute Gasteiger partial charge is 0.504 e. The summed E-state index contributed by atoms with van der Waals surface area (Å²) < 4.78 is 5.02. The fraction of sp³-hybridized carbons (Fsp3) is 0.0526. The number of hydrogen-bond donors (Lipinski definition) is 2. The molecule has 3 aromatic rings. The van der Waals surface area contributed by atoms with Crippen molar-refractivity contribution in [1.82, 2.24) is 10.2 Å². The zero-order chi connectivity index (χ0) is 20.1. The minimum atomic E-state index is -0.628. The van der Waals surface area contributed by atoms with Crippen LogP contribution in [-0.2, 0) is 4.79 Å². The number of hydrogen-bond acceptors (Lipinski definition) is 7. The molecule has 140 valence electrons. The molecule has 2 N–H and O–H groups in total. The van der Waals surface area contributed by atoms with Gasteiger partial charge in [0.15, 0.2) is 16.5 Å². The van der Waals surface area contributed by atoms with Crippen molar-refractivity contribution < 1.29 is 14.6 Å². The van der Waals surface area contributed by atoms with Crippen molar-refractivity contribution in [2.24, 2.45) is 0 Å². The van der Waals surface area contributed by atoms with Crippen LogP contribution in [-0.4, -0.2) is 28.3 Å². The van der Waals surface area contributed by atoms with Crippen molar-refractivity contribution in [3.63, 3.8) is 0 Å². The second-order valence-corrected chi connectivity index (χ2v) is 6.83. The van der Waals surface area contributed by atoms with E-state index < -0.39 is 5.91 Å². The molecule has 0 aliphatic carbocycles. The molecule has 1 heterocycles. The Morgan fingerprint density at radius 3 is 2.82 bits per heavy atom. The van der Waals surface area contributed by atoms with Crippen LogP contribution in [0.2, 0.25) is 5.02 Å². The minimum Gasteiger partial charge on any atom is -0.504 e. The summed E-state index contributed by atoms with van der Waals surface area (Å²) in [6.45, 7) is 0. The highest BCUT2D eigenvalue weighted by molar-refractivity contribution is 7.18. The molecule has 0 aliphatic heterocycles. The predicted octanol–water partition coefficient (Wildman–Crippen LogP) is 4.12. The molecule has 0 saturated carbocycles. The quantitative estimate of drug-likeness (QED) is 0.482. The van der Waals surface area contributed by atoms with Gasteiger partial charge < -0.3 is 9.84 Å². The summed E-state index contributed by atoms with van der Waals surface area (Å²) in [4.78, 5) is 12.4. The monoisotopic (exact) mass is 412 g/mol. The van der Waals surface area contributed by atoms with Gasteiger partial charge in [-0.1, -0.05) is 47.2 Å². The Hall–Kier alpha value is -3.41. The molecule has 0 atom stereocenters. The summed E-state index contributed by atoms with van der Waals surface area (Å²) >= 11 is 7.29. The summed E-state index contributed by atoms with van der Waals surface area (Å²) in [6, 6.07) is 13.5. The number of anilines is 1. The lowest BCUT2D eigenvalue weighted by molar-refractivity contribution is -0.112. The van der Waals surface area contributed by atoms with E-state index in [4.69, 9.17) is 16.3 Å². The summed E-state index contributed by atoms with van der Waals surface area (Å²) in [5.41, 5.74) is 1.09. The molecule has 1 aromatic heterocycles. The van der Waals surface area contributed by atoms with Crippen LogP contribution in [0.15, 0.2) is 48.0 Å². The van der Waals surface area contributed by atoms with E-state index in [2.05, 4.69) is 15.5 Å². The molecule has 2 aromatic carbocycles. The van der Waals surface area contributed by atoms with Crippen LogP contribution in [0.3, 0.4) is 0 Å². The fourth-order valence-corrected chi connectivity index (χ4v) is 3.34. The van der Waals surface area contributed by atoms with Crippen LogP contribution in [0.4, 0.5) is 5.13 Å². The lowest BCUT2D eigenvalue weighted by Gasteiger charge is -2.04. The number of aromatic hydroxyl groups is 1. The topological polar surface area (TPSA) is 108 Å². The molecule has 0 saturated heterocycles. The highest BCUT2D eigenvalue weighted by Gasteiger charge is 2.15. The Kier molecular flexibility index (Phi) is 5.89. The maximum atomic E-state index is 12.4. The Morgan fingerprint density at radius 2 is 2.11 bits per heavy atom. The Labute approximate surface area is 169 Å². The SMILES string of the molecule is COc1cc(/C=C(/C#N)C(=O)Nc2nnc(-c3ccccc3Cl)s2)ccc1O. The first kappa shape index (κ1) is 19.4. The van der Waals surface area contributed by atoms with Crippen LogP contribution >= 0.6 is 22.9 Å². The lowest BCUT2D eigenvalue weighted by atomic mass is 10.1. The first-order valence-electron chi connectivity index (χ1n) is 7.90. The maximum absolute atomic E-state index is 12.4. The number of phenols is 1. The first-order chi connectivity index (χ1) is 13.5. The standard InChI is InChI=1S/C19H13ClN4O3S/c1-27-16-9-11(6-7-15(16)25)8-12(10-21)17(26)22-19-24-23-18(28-19)13-4-2-3-5-14(13)20/h2-9,25H,1H3,(H,22,24,26)/b12-8-. The predicted molar refractivity (Wildman–Crippen MR) is 107 cm³/mol. The van der Waals surface area contributed by atoms with Crippen molar-refractivity contribution in [3.05, 3.63) is 58.6 Å². The second-order valence-electron chi connectivity index (χ2n) is 5.45. The third kappa shape index (κ3) is 4.28. The molecular weight excluding hydrogens is 400 g/mol. The summed E-state index contributed by atoms with van der Waals surface area (Å²) in [6.07, 6.45) is 1.38. The van der Waals surface area contributed by atoms with Crippen LogP contribution in [0.25, 0.3) is 16.6 Å². The molecule has 0 bridgehead atoms. The number of carbonyl (C=O) groups excluding carboxylic acids is 1. The Bertz CT molecular complexity index is 1100. The van der Waals surface area contributed by atoms with Crippen LogP contribution < -0.4 is 10.1 Å².